The first-order chi connectivity index (χ1) is 7.20. The van der Waals surface area contributed by atoms with E-state index in [2.05, 4.69) is 9.73 Å². The Labute approximate surface area is 88.4 Å². The number of likely N-dealkylation sites (N-methyl/N-ethyl adjacent to an activating group) is 1. The van der Waals surface area contributed by atoms with Gasteiger partial charge in [-0.3, -0.25) is 4.79 Å². The number of aldehydes is 1. The lowest BCUT2D eigenvalue weighted by atomic mass is 10.2. The minimum Gasteiger partial charge on any atom is -0.467 e. The van der Waals surface area contributed by atoms with E-state index in [0.717, 1.165) is 12.3 Å². The van der Waals surface area contributed by atoms with E-state index in [0.29, 0.717) is 12.7 Å². The maximum atomic E-state index is 11.3. The molecule has 5 nitrogen and oxygen atoms in total. The summed E-state index contributed by atoms with van der Waals surface area (Å²) in [5.41, 5.74) is 0. The highest BCUT2D eigenvalue weighted by Crippen LogP contribution is 2.18. The lowest BCUT2D eigenvalue weighted by molar-refractivity contribution is -0.144. The Morgan fingerprint density at radius 3 is 3.00 bits per heavy atom. The predicted octanol–water partition coefficient (Wildman–Crippen LogP) is 0.365. The lowest BCUT2D eigenvalue weighted by Gasteiger charge is -2.19. The molecule has 0 bridgehead atoms. The number of aliphatic imine (C=N–C) groups is 1. The summed E-state index contributed by atoms with van der Waals surface area (Å²) >= 11 is 0. The summed E-state index contributed by atoms with van der Waals surface area (Å²) in [6.07, 6.45) is 4.83. The number of nitrogens with zero attached hydrogens (tertiary/aromatic N) is 2. The van der Waals surface area contributed by atoms with Gasteiger partial charge in [0.25, 0.3) is 0 Å². The molecule has 5 heteroatoms. The van der Waals surface area contributed by atoms with Crippen LogP contribution in [0.5, 0.6) is 0 Å². The number of carbonyl (C=O) groups excluding carboxylic acids is 2. The van der Waals surface area contributed by atoms with Crippen LogP contribution in [0.2, 0.25) is 0 Å². The molecule has 1 saturated heterocycles. The Kier molecular flexibility index (Phi) is 4.03. The van der Waals surface area contributed by atoms with Crippen molar-refractivity contribution >= 4 is 18.1 Å². The van der Waals surface area contributed by atoms with E-state index in [-0.39, 0.29) is 12.0 Å². The number of carbonyl (C=O) groups is 2. The highest BCUT2D eigenvalue weighted by molar-refractivity contribution is 5.91. The van der Waals surface area contributed by atoms with Gasteiger partial charge in [0.05, 0.1) is 7.11 Å². The summed E-state index contributed by atoms with van der Waals surface area (Å²) in [6.45, 7) is 0. The molecular weight excluding hydrogens is 196 g/mol. The van der Waals surface area contributed by atoms with E-state index in [9.17, 15) is 9.59 Å². The van der Waals surface area contributed by atoms with Gasteiger partial charge in [0.15, 0.2) is 0 Å². The van der Waals surface area contributed by atoms with Crippen molar-refractivity contribution in [1.29, 1.82) is 0 Å². The number of allylic oxidation sites excluding steroid dienone is 1. The third-order valence-electron chi connectivity index (χ3n) is 2.38. The van der Waals surface area contributed by atoms with Crippen molar-refractivity contribution in [2.24, 2.45) is 4.99 Å². The van der Waals surface area contributed by atoms with Crippen molar-refractivity contribution in [1.82, 2.24) is 4.90 Å². The molecule has 1 rings (SSSR count). The van der Waals surface area contributed by atoms with Crippen LogP contribution in [0.25, 0.3) is 0 Å². The van der Waals surface area contributed by atoms with Crippen LogP contribution in [0.15, 0.2) is 17.3 Å². The van der Waals surface area contributed by atoms with Crippen LogP contribution in [-0.2, 0) is 14.3 Å². The van der Waals surface area contributed by atoms with Gasteiger partial charge in [0, 0.05) is 19.7 Å². The number of methoxy groups -OCH3 is 1. The van der Waals surface area contributed by atoms with E-state index in [1.165, 1.54) is 19.4 Å². The first-order valence-corrected chi connectivity index (χ1v) is 4.68. The third-order valence-corrected chi connectivity index (χ3v) is 2.38. The SMILES string of the molecule is COC(=O)C1CCC(=NC=CC=O)N1C. The molecule has 0 aliphatic carbocycles. The molecule has 0 amide bonds. The molecule has 15 heavy (non-hydrogen) atoms. The largest absolute Gasteiger partial charge is 0.467 e. The summed E-state index contributed by atoms with van der Waals surface area (Å²) in [4.78, 5) is 27.2. The first kappa shape index (κ1) is 11.4. The van der Waals surface area contributed by atoms with Gasteiger partial charge in [-0.2, -0.15) is 0 Å². The minimum absolute atomic E-state index is 0.248. The third kappa shape index (κ3) is 2.65. The first-order valence-electron chi connectivity index (χ1n) is 4.68. The molecular formula is C10H14N2O3. The smallest absolute Gasteiger partial charge is 0.328 e. The Morgan fingerprint density at radius 2 is 2.40 bits per heavy atom. The standard InChI is InChI=1S/C10H14N2O3/c1-12-8(10(14)15-2)4-5-9(12)11-6-3-7-13/h3,6-8H,4-5H2,1-2H3. The molecule has 1 aliphatic rings. The molecule has 0 N–H and O–H groups in total. The fraction of sp³-hybridized carbons (Fsp3) is 0.500. The summed E-state index contributed by atoms with van der Waals surface area (Å²) in [6, 6.07) is -0.251. The van der Waals surface area contributed by atoms with Gasteiger partial charge in [-0.1, -0.05) is 0 Å². The zero-order valence-electron chi connectivity index (χ0n) is 8.84. The second-order valence-corrected chi connectivity index (χ2v) is 3.21. The summed E-state index contributed by atoms with van der Waals surface area (Å²) < 4.78 is 4.67. The Hall–Kier alpha value is -1.65. The van der Waals surface area contributed by atoms with E-state index < -0.39 is 0 Å². The molecule has 1 heterocycles. The van der Waals surface area contributed by atoms with E-state index in [4.69, 9.17) is 0 Å². The van der Waals surface area contributed by atoms with Gasteiger partial charge < -0.3 is 9.64 Å². The number of ether oxygens (including phenoxy) is 1. The number of likely N-dealkylation sites (tertiary alicyclic amines) is 1. The molecule has 0 spiro atoms. The second kappa shape index (κ2) is 5.29. The van der Waals surface area contributed by atoms with Crippen LogP contribution >= 0.6 is 0 Å². The van der Waals surface area contributed by atoms with Gasteiger partial charge in [0.2, 0.25) is 0 Å². The predicted molar refractivity (Wildman–Crippen MR) is 55.4 cm³/mol. The van der Waals surface area contributed by atoms with Crippen molar-refractivity contribution in [3.05, 3.63) is 12.3 Å². The molecule has 0 aromatic carbocycles. The maximum absolute atomic E-state index is 11.3. The van der Waals surface area contributed by atoms with Crippen LogP contribution in [0.3, 0.4) is 0 Å². The molecule has 82 valence electrons. The molecule has 1 unspecified atom stereocenters. The molecule has 0 saturated carbocycles. The molecule has 1 fully saturated rings. The minimum atomic E-state index is -0.251. The van der Waals surface area contributed by atoms with Crippen molar-refractivity contribution in [3.63, 3.8) is 0 Å². The Bertz CT molecular complexity index is 310. The quantitative estimate of drug-likeness (QED) is 0.383. The van der Waals surface area contributed by atoms with Crippen LogP contribution < -0.4 is 0 Å². The van der Waals surface area contributed by atoms with Crippen LogP contribution in [0.1, 0.15) is 12.8 Å². The highest BCUT2D eigenvalue weighted by atomic mass is 16.5. The summed E-state index contributed by atoms with van der Waals surface area (Å²) in [7, 11) is 3.17. The second-order valence-electron chi connectivity index (χ2n) is 3.21. The zero-order valence-corrected chi connectivity index (χ0v) is 8.84. The fourth-order valence-electron chi connectivity index (χ4n) is 1.55. The van der Waals surface area contributed by atoms with Crippen molar-refractivity contribution in [2.75, 3.05) is 14.2 Å². The van der Waals surface area contributed by atoms with Crippen molar-refractivity contribution in [2.45, 2.75) is 18.9 Å². The van der Waals surface area contributed by atoms with Crippen LogP contribution in [-0.4, -0.2) is 43.2 Å². The normalized spacial score (nSPS) is 23.7. The Morgan fingerprint density at radius 1 is 1.67 bits per heavy atom. The summed E-state index contributed by atoms with van der Waals surface area (Å²) in [5.74, 6) is 0.547. The number of amidine groups is 1. The lowest BCUT2D eigenvalue weighted by Crippen LogP contribution is -2.36. The maximum Gasteiger partial charge on any atom is 0.328 e. The molecule has 0 aromatic heterocycles. The van der Waals surface area contributed by atoms with E-state index in [1.54, 1.807) is 11.9 Å². The van der Waals surface area contributed by atoms with Gasteiger partial charge >= 0.3 is 5.97 Å². The Balaban J connectivity index is 2.67. The number of hydrogen-bond acceptors (Lipinski definition) is 4. The van der Waals surface area contributed by atoms with Crippen LogP contribution in [0.4, 0.5) is 0 Å². The van der Waals surface area contributed by atoms with Gasteiger partial charge in [-0.15, -0.1) is 0 Å². The number of rotatable bonds is 3. The summed E-state index contributed by atoms with van der Waals surface area (Å²) in [5, 5.41) is 0. The fourth-order valence-corrected chi connectivity index (χ4v) is 1.55. The molecule has 1 atom stereocenters. The van der Waals surface area contributed by atoms with Crippen molar-refractivity contribution < 1.29 is 14.3 Å². The van der Waals surface area contributed by atoms with Gasteiger partial charge in [-0.25, -0.2) is 9.79 Å². The molecule has 0 aromatic rings. The highest BCUT2D eigenvalue weighted by Gasteiger charge is 2.32. The van der Waals surface area contributed by atoms with E-state index in [1.807, 2.05) is 0 Å². The van der Waals surface area contributed by atoms with Crippen LogP contribution in [0, 0.1) is 0 Å². The van der Waals surface area contributed by atoms with Gasteiger partial charge in [0.1, 0.15) is 18.2 Å². The van der Waals surface area contributed by atoms with E-state index >= 15 is 0 Å². The monoisotopic (exact) mass is 210 g/mol. The number of esters is 1. The zero-order chi connectivity index (χ0) is 11.3. The molecule has 0 radical (unpaired) electrons. The average molecular weight is 210 g/mol. The van der Waals surface area contributed by atoms with Gasteiger partial charge in [-0.05, 0) is 12.5 Å². The topological polar surface area (TPSA) is 59.0 Å². The number of hydrogen-bond donors (Lipinski definition) is 0. The molecule has 1 aliphatic heterocycles. The average Bonchev–Trinajstić information content (AvgIpc) is 2.60. The van der Waals surface area contributed by atoms with Crippen molar-refractivity contribution in [3.8, 4) is 0 Å².